The molecule has 0 radical (unpaired) electrons. The lowest BCUT2D eigenvalue weighted by atomic mass is 9.67. The molecule has 0 N–H and O–H groups in total. The minimum atomic E-state index is -0.474. The van der Waals surface area contributed by atoms with Gasteiger partial charge in [-0.05, 0) is 57.6 Å². The Morgan fingerprint density at radius 3 is 2.04 bits per heavy atom. The molecule has 45 heavy (non-hydrogen) atoms. The van der Waals surface area contributed by atoms with Crippen molar-refractivity contribution in [3.8, 4) is 11.1 Å². The Morgan fingerprint density at radius 1 is 0.711 bits per heavy atom. The van der Waals surface area contributed by atoms with Gasteiger partial charge in [-0.1, -0.05) is 159 Å². The van der Waals surface area contributed by atoms with Crippen LogP contribution in [0, 0.1) is 0 Å². The van der Waals surface area contributed by atoms with Gasteiger partial charge in [0, 0.05) is 11.0 Å². The first-order valence-electron chi connectivity index (χ1n) is 15.5. The largest absolute Gasteiger partial charge is 0.269 e. The van der Waals surface area contributed by atoms with Crippen molar-refractivity contribution in [1.29, 1.82) is 0 Å². The smallest absolute Gasteiger partial charge is 0.160 e. The number of fused-ring (bicyclic) bond motifs is 3. The predicted octanol–water partition coefficient (Wildman–Crippen LogP) is 9.50. The molecule has 0 heterocycles. The van der Waals surface area contributed by atoms with Crippen molar-refractivity contribution in [2.75, 3.05) is 0 Å². The van der Waals surface area contributed by atoms with Gasteiger partial charge in [-0.25, -0.2) is 9.98 Å². The first kappa shape index (κ1) is 28.4. The van der Waals surface area contributed by atoms with Gasteiger partial charge in [0.05, 0.1) is 12.0 Å². The van der Waals surface area contributed by atoms with E-state index in [9.17, 15) is 0 Å². The third kappa shape index (κ3) is 4.91. The van der Waals surface area contributed by atoms with Gasteiger partial charge in [0.2, 0.25) is 0 Å². The van der Waals surface area contributed by atoms with Gasteiger partial charge in [0.1, 0.15) is 6.34 Å². The maximum atomic E-state index is 4.75. The van der Waals surface area contributed by atoms with Crippen molar-refractivity contribution < 1.29 is 0 Å². The lowest BCUT2D eigenvalue weighted by Gasteiger charge is -2.33. The van der Waals surface area contributed by atoms with Crippen LogP contribution in [0.1, 0.15) is 52.3 Å². The lowest BCUT2D eigenvalue weighted by Crippen LogP contribution is -2.28. The van der Waals surface area contributed by atoms with Crippen molar-refractivity contribution in [3.63, 3.8) is 0 Å². The van der Waals surface area contributed by atoms with Crippen molar-refractivity contribution in [3.05, 3.63) is 191 Å². The number of nitrogens with zero attached hydrogens (tertiary/aromatic N) is 3. The van der Waals surface area contributed by atoms with Gasteiger partial charge >= 0.3 is 0 Å². The zero-order valence-electron chi connectivity index (χ0n) is 25.5. The number of benzene rings is 5. The second-order valence-corrected chi connectivity index (χ2v) is 11.9. The fourth-order valence-corrected chi connectivity index (χ4v) is 7.05. The van der Waals surface area contributed by atoms with E-state index in [4.69, 9.17) is 4.99 Å². The summed E-state index contributed by atoms with van der Waals surface area (Å²) in [6.45, 7) is 6.74. The topological polar surface area (TPSA) is 37.1 Å². The summed E-state index contributed by atoms with van der Waals surface area (Å²) in [6, 6.07) is 45.5. The summed E-state index contributed by atoms with van der Waals surface area (Å²) < 4.78 is 0. The Bertz CT molecular complexity index is 1920. The quantitative estimate of drug-likeness (QED) is 0.133. The first-order valence-corrected chi connectivity index (χ1v) is 15.5. The number of amidine groups is 1. The fourth-order valence-electron chi connectivity index (χ4n) is 7.05. The van der Waals surface area contributed by atoms with Crippen LogP contribution >= 0.6 is 0 Å². The number of hydrogen-bond acceptors (Lipinski definition) is 1. The molecule has 3 nitrogen and oxygen atoms in total. The van der Waals surface area contributed by atoms with Crippen LogP contribution < -0.4 is 0 Å². The van der Waals surface area contributed by atoms with Crippen LogP contribution in [0.5, 0.6) is 0 Å². The van der Waals surface area contributed by atoms with Crippen LogP contribution in [-0.2, 0) is 17.4 Å². The van der Waals surface area contributed by atoms with E-state index in [2.05, 4.69) is 175 Å². The predicted molar refractivity (Wildman–Crippen MR) is 189 cm³/mol. The van der Waals surface area contributed by atoms with E-state index in [1.165, 1.54) is 33.4 Å². The molecular weight excluding hydrogens is 546 g/mol. The van der Waals surface area contributed by atoms with Crippen LogP contribution in [0.15, 0.2) is 167 Å². The van der Waals surface area contributed by atoms with Gasteiger partial charge in [-0.3, -0.25) is 4.99 Å². The highest BCUT2D eigenvalue weighted by atomic mass is 14.9. The average molecular weight is 582 g/mol. The molecule has 0 saturated carbocycles. The Morgan fingerprint density at radius 2 is 1.38 bits per heavy atom. The summed E-state index contributed by atoms with van der Waals surface area (Å²) in [5.74, 6) is 0.558. The molecule has 0 bridgehead atoms. The van der Waals surface area contributed by atoms with Crippen LogP contribution in [0.25, 0.3) is 11.1 Å². The molecule has 3 heteroatoms. The molecule has 2 aliphatic rings. The molecule has 0 aromatic heterocycles. The number of allylic oxidation sites excluding steroid dienone is 4. The molecular formula is C42H35N3. The van der Waals surface area contributed by atoms with Crippen LogP contribution in [0.4, 0.5) is 0 Å². The molecule has 1 atom stereocenters. The molecule has 0 aliphatic heterocycles. The maximum absolute atomic E-state index is 4.75. The minimum absolute atomic E-state index is 0.0402. The van der Waals surface area contributed by atoms with E-state index in [0.717, 1.165) is 23.1 Å². The first-order chi connectivity index (χ1) is 22.1. The fraction of sp³-hybridized carbons (Fsp3) is 0.119. The number of aliphatic imine (C=N–C) groups is 3. The highest BCUT2D eigenvalue weighted by Gasteiger charge is 2.46. The summed E-state index contributed by atoms with van der Waals surface area (Å²) in [6.07, 6.45) is 11.4. The zero-order valence-corrected chi connectivity index (χ0v) is 25.5. The average Bonchev–Trinajstić information content (AvgIpc) is 3.41. The summed E-state index contributed by atoms with van der Waals surface area (Å²) in [4.78, 5) is 13.8. The van der Waals surface area contributed by atoms with Gasteiger partial charge in [0.25, 0.3) is 0 Å². The summed E-state index contributed by atoms with van der Waals surface area (Å²) in [5.41, 5.74) is 10.2. The van der Waals surface area contributed by atoms with Crippen molar-refractivity contribution in [1.82, 2.24) is 0 Å². The van der Waals surface area contributed by atoms with Crippen LogP contribution in [0.3, 0.4) is 0 Å². The minimum Gasteiger partial charge on any atom is -0.269 e. The van der Waals surface area contributed by atoms with Crippen molar-refractivity contribution in [2.45, 2.75) is 30.7 Å². The molecule has 0 amide bonds. The Balaban J connectivity index is 1.26. The Labute approximate surface area is 265 Å². The molecule has 7 rings (SSSR count). The number of rotatable bonds is 7. The highest BCUT2D eigenvalue weighted by molar-refractivity contribution is 6.11. The normalized spacial score (nSPS) is 18.1. The number of hydrogen-bond donors (Lipinski definition) is 0. The second kappa shape index (κ2) is 11.9. The van der Waals surface area contributed by atoms with Gasteiger partial charge in [-0.15, -0.1) is 0 Å². The standard InChI is InChI=1S/C42H35N3/c1-41(27-12-5-13-28-41)32-25-23-31(24-26-32)29-44-30-45-40(43-2)36-20-14-22-38-39(36)35-19-10-11-21-37(35)42(38,33-15-6-3-7-16-33)34-17-8-4-9-18-34/h3-27,30H,2,28-29H2,1H3. The van der Waals surface area contributed by atoms with E-state index < -0.39 is 5.41 Å². The molecule has 0 spiro atoms. The van der Waals surface area contributed by atoms with Crippen LogP contribution in [0.2, 0.25) is 0 Å². The van der Waals surface area contributed by atoms with E-state index in [1.807, 2.05) is 0 Å². The Kier molecular flexibility index (Phi) is 7.52. The van der Waals surface area contributed by atoms with E-state index in [-0.39, 0.29) is 5.41 Å². The lowest BCUT2D eigenvalue weighted by molar-refractivity contribution is 0.599. The third-order valence-corrected chi connectivity index (χ3v) is 9.28. The Hall–Kier alpha value is -5.41. The van der Waals surface area contributed by atoms with Crippen molar-refractivity contribution >= 4 is 18.9 Å². The molecule has 218 valence electrons. The van der Waals surface area contributed by atoms with E-state index >= 15 is 0 Å². The monoisotopic (exact) mass is 581 g/mol. The van der Waals surface area contributed by atoms with Gasteiger partial charge in [-0.2, -0.15) is 0 Å². The molecule has 0 saturated heterocycles. The SMILES string of the molecule is C=NC(=NC=NCc1ccc(C2(C)C=CC=CC2)cc1)c1cccc2c1-c1ccccc1C2(c1ccccc1)c1ccccc1. The maximum Gasteiger partial charge on any atom is 0.160 e. The summed E-state index contributed by atoms with van der Waals surface area (Å²) in [7, 11) is 0. The van der Waals surface area contributed by atoms with E-state index in [0.29, 0.717) is 12.4 Å². The zero-order chi connectivity index (χ0) is 30.7. The molecule has 5 aromatic rings. The van der Waals surface area contributed by atoms with E-state index in [1.54, 1.807) is 6.34 Å². The molecule has 0 fully saturated rings. The van der Waals surface area contributed by atoms with Gasteiger partial charge < -0.3 is 0 Å². The summed E-state index contributed by atoms with van der Waals surface area (Å²) in [5, 5.41) is 0. The second-order valence-electron chi connectivity index (χ2n) is 11.9. The molecule has 1 unspecified atom stereocenters. The van der Waals surface area contributed by atoms with Crippen molar-refractivity contribution in [2.24, 2.45) is 15.0 Å². The van der Waals surface area contributed by atoms with Crippen LogP contribution in [-0.4, -0.2) is 18.9 Å². The molecule has 2 aliphatic carbocycles. The summed E-state index contributed by atoms with van der Waals surface area (Å²) >= 11 is 0. The third-order valence-electron chi connectivity index (χ3n) is 9.28. The molecule has 5 aromatic carbocycles. The van der Waals surface area contributed by atoms with Gasteiger partial charge in [0.15, 0.2) is 5.84 Å². The highest BCUT2D eigenvalue weighted by Crippen LogP contribution is 2.56.